The number of anilines is 2. The van der Waals surface area contributed by atoms with Gasteiger partial charge >= 0.3 is 0 Å². The van der Waals surface area contributed by atoms with E-state index in [1.165, 1.54) is 0 Å². The number of carbonyl (C=O) groups excluding carboxylic acids is 2. The molecule has 0 saturated carbocycles. The van der Waals surface area contributed by atoms with Crippen molar-refractivity contribution in [3.05, 3.63) is 83.9 Å². The van der Waals surface area contributed by atoms with Crippen LogP contribution < -0.4 is 16.0 Å². The lowest BCUT2D eigenvalue weighted by atomic mass is 10.1. The fourth-order valence-electron chi connectivity index (χ4n) is 2.81. The zero-order valence-corrected chi connectivity index (χ0v) is 17.9. The van der Waals surface area contributed by atoms with Gasteiger partial charge in [-0.2, -0.15) is 0 Å². The summed E-state index contributed by atoms with van der Waals surface area (Å²) in [4.78, 5) is 26.5. The van der Waals surface area contributed by atoms with Crippen molar-refractivity contribution < 1.29 is 9.59 Å². The summed E-state index contributed by atoms with van der Waals surface area (Å²) in [6.45, 7) is 3.96. The van der Waals surface area contributed by atoms with Gasteiger partial charge in [0.1, 0.15) is 0 Å². The van der Waals surface area contributed by atoms with Gasteiger partial charge in [0.15, 0.2) is 0 Å². The average Bonchev–Trinajstić information content (AvgIpc) is 2.75. The zero-order valence-electron chi connectivity index (χ0n) is 17.1. The first-order chi connectivity index (χ1) is 14.5. The van der Waals surface area contributed by atoms with Gasteiger partial charge in [-0.1, -0.05) is 54.2 Å². The third-order valence-corrected chi connectivity index (χ3v) is 5.71. The van der Waals surface area contributed by atoms with Crippen molar-refractivity contribution in [3.63, 3.8) is 0 Å². The van der Waals surface area contributed by atoms with Crippen molar-refractivity contribution >= 4 is 35.0 Å². The molecule has 0 aliphatic rings. The Hall–Kier alpha value is -3.25. The van der Waals surface area contributed by atoms with Gasteiger partial charge in [0, 0.05) is 21.2 Å². The van der Waals surface area contributed by atoms with Crippen molar-refractivity contribution in [1.29, 1.82) is 0 Å². The molecule has 30 heavy (non-hydrogen) atoms. The molecule has 0 aliphatic heterocycles. The number of carbonyl (C=O) groups is 2. The standard InChI is InChI=1S/C24H25N3O2S/c1-17-9-8-13-20(18(17)2)27-24(29)16-26-23(28)15-25-21-12-6-7-14-22(21)30-19-10-4-3-5-11-19/h3-14,25H,15-16H2,1-2H3,(H,26,28)(H,27,29). The van der Waals surface area contributed by atoms with Crippen LogP contribution in [0.25, 0.3) is 0 Å². The van der Waals surface area contributed by atoms with Crippen molar-refractivity contribution in [3.8, 4) is 0 Å². The van der Waals surface area contributed by atoms with Crippen LogP contribution in [0.15, 0.2) is 82.6 Å². The number of para-hydroxylation sites is 1. The van der Waals surface area contributed by atoms with E-state index >= 15 is 0 Å². The third-order valence-electron chi connectivity index (χ3n) is 4.62. The maximum Gasteiger partial charge on any atom is 0.243 e. The third kappa shape index (κ3) is 6.12. The van der Waals surface area contributed by atoms with Crippen molar-refractivity contribution in [2.24, 2.45) is 0 Å². The highest BCUT2D eigenvalue weighted by molar-refractivity contribution is 7.99. The summed E-state index contributed by atoms with van der Waals surface area (Å²) in [5.74, 6) is -0.497. The zero-order chi connectivity index (χ0) is 21.3. The van der Waals surface area contributed by atoms with E-state index in [0.717, 1.165) is 32.3 Å². The Balaban J connectivity index is 1.49. The highest BCUT2D eigenvalue weighted by atomic mass is 32.2. The summed E-state index contributed by atoms with van der Waals surface area (Å²) < 4.78 is 0. The molecule has 0 saturated heterocycles. The number of hydrogen-bond acceptors (Lipinski definition) is 4. The van der Waals surface area contributed by atoms with Gasteiger partial charge < -0.3 is 16.0 Å². The average molecular weight is 420 g/mol. The predicted octanol–water partition coefficient (Wildman–Crippen LogP) is 4.62. The Kier molecular flexibility index (Phi) is 7.51. The molecular weight excluding hydrogens is 394 g/mol. The van der Waals surface area contributed by atoms with E-state index in [-0.39, 0.29) is 24.9 Å². The van der Waals surface area contributed by atoms with Crippen LogP contribution in [0, 0.1) is 13.8 Å². The quantitative estimate of drug-likeness (QED) is 0.498. The molecule has 6 heteroatoms. The van der Waals surface area contributed by atoms with Crippen LogP contribution >= 0.6 is 11.8 Å². The maximum atomic E-state index is 12.2. The fraction of sp³-hybridized carbons (Fsp3) is 0.167. The molecule has 0 aromatic heterocycles. The molecule has 3 N–H and O–H groups in total. The minimum Gasteiger partial charge on any atom is -0.375 e. The molecule has 3 aromatic carbocycles. The molecule has 0 spiro atoms. The smallest absolute Gasteiger partial charge is 0.243 e. The highest BCUT2D eigenvalue weighted by Gasteiger charge is 2.09. The van der Waals surface area contributed by atoms with Gasteiger partial charge in [-0.15, -0.1) is 0 Å². The number of aryl methyl sites for hydroxylation is 1. The van der Waals surface area contributed by atoms with Crippen molar-refractivity contribution in [2.45, 2.75) is 23.6 Å². The minimum atomic E-state index is -0.253. The van der Waals surface area contributed by atoms with Crippen LogP contribution in [-0.2, 0) is 9.59 Å². The normalized spacial score (nSPS) is 10.3. The van der Waals surface area contributed by atoms with E-state index < -0.39 is 0 Å². The highest BCUT2D eigenvalue weighted by Crippen LogP contribution is 2.32. The SMILES string of the molecule is Cc1cccc(NC(=O)CNC(=O)CNc2ccccc2Sc2ccccc2)c1C. The molecular formula is C24H25N3O2S. The van der Waals surface area contributed by atoms with Gasteiger partial charge in [0.2, 0.25) is 11.8 Å². The topological polar surface area (TPSA) is 70.2 Å². The monoisotopic (exact) mass is 419 g/mol. The van der Waals surface area contributed by atoms with Gasteiger partial charge in [-0.3, -0.25) is 9.59 Å². The summed E-state index contributed by atoms with van der Waals surface area (Å²) in [5, 5.41) is 8.65. The van der Waals surface area contributed by atoms with E-state index in [0.29, 0.717) is 0 Å². The molecule has 0 bridgehead atoms. The van der Waals surface area contributed by atoms with Gasteiger partial charge in [-0.25, -0.2) is 0 Å². The lowest BCUT2D eigenvalue weighted by Crippen LogP contribution is -2.36. The summed E-state index contributed by atoms with van der Waals surface area (Å²) in [7, 11) is 0. The minimum absolute atomic E-state index is 0.0751. The molecule has 5 nitrogen and oxygen atoms in total. The Bertz CT molecular complexity index is 1020. The molecule has 3 rings (SSSR count). The van der Waals surface area contributed by atoms with E-state index in [4.69, 9.17) is 0 Å². The van der Waals surface area contributed by atoms with Gasteiger partial charge in [-0.05, 0) is 55.3 Å². The predicted molar refractivity (Wildman–Crippen MR) is 123 cm³/mol. The van der Waals surface area contributed by atoms with Gasteiger partial charge in [0.25, 0.3) is 0 Å². The van der Waals surface area contributed by atoms with E-state index in [1.54, 1.807) is 11.8 Å². The first-order valence-electron chi connectivity index (χ1n) is 9.71. The molecule has 0 heterocycles. The molecule has 0 fully saturated rings. The molecule has 0 aliphatic carbocycles. The first kappa shape index (κ1) is 21.5. The second-order valence-electron chi connectivity index (χ2n) is 6.84. The lowest BCUT2D eigenvalue weighted by molar-refractivity contribution is -0.122. The van der Waals surface area contributed by atoms with Crippen molar-refractivity contribution in [2.75, 3.05) is 23.7 Å². The van der Waals surface area contributed by atoms with Gasteiger partial charge in [0.05, 0.1) is 13.1 Å². The Morgan fingerprint density at radius 1 is 0.767 bits per heavy atom. The molecule has 0 unspecified atom stereocenters. The lowest BCUT2D eigenvalue weighted by Gasteiger charge is -2.13. The number of benzene rings is 3. The molecule has 0 radical (unpaired) electrons. The fourth-order valence-corrected chi connectivity index (χ4v) is 3.76. The number of hydrogen-bond donors (Lipinski definition) is 3. The van der Waals surface area contributed by atoms with E-state index in [1.807, 2.05) is 86.6 Å². The maximum absolute atomic E-state index is 12.2. The summed E-state index contributed by atoms with van der Waals surface area (Å²) in [5.41, 5.74) is 3.76. The van der Waals surface area contributed by atoms with Crippen LogP contribution in [0.1, 0.15) is 11.1 Å². The summed E-state index contributed by atoms with van der Waals surface area (Å²) in [6.07, 6.45) is 0. The Labute approximate surface area is 181 Å². The van der Waals surface area contributed by atoms with Crippen LogP contribution in [0.4, 0.5) is 11.4 Å². The van der Waals surface area contributed by atoms with E-state index in [2.05, 4.69) is 16.0 Å². The summed E-state index contributed by atoms with van der Waals surface area (Å²) in [6, 6.07) is 23.6. The second kappa shape index (κ2) is 10.5. The molecule has 0 atom stereocenters. The Morgan fingerprint density at radius 3 is 2.27 bits per heavy atom. The number of nitrogens with one attached hydrogen (secondary N) is 3. The van der Waals surface area contributed by atoms with Crippen LogP contribution in [0.5, 0.6) is 0 Å². The van der Waals surface area contributed by atoms with Crippen LogP contribution in [-0.4, -0.2) is 24.9 Å². The van der Waals surface area contributed by atoms with Crippen molar-refractivity contribution in [1.82, 2.24) is 5.32 Å². The van der Waals surface area contributed by atoms with E-state index in [9.17, 15) is 9.59 Å². The van der Waals surface area contributed by atoms with Crippen LogP contribution in [0.3, 0.4) is 0 Å². The number of amides is 2. The first-order valence-corrected chi connectivity index (χ1v) is 10.5. The molecule has 2 amide bonds. The van der Waals surface area contributed by atoms with Crippen LogP contribution in [0.2, 0.25) is 0 Å². The molecule has 154 valence electrons. The summed E-state index contributed by atoms with van der Waals surface area (Å²) >= 11 is 1.63. The second-order valence-corrected chi connectivity index (χ2v) is 7.95. The largest absolute Gasteiger partial charge is 0.375 e. The number of rotatable bonds is 8. The Morgan fingerprint density at radius 2 is 1.47 bits per heavy atom. The molecule has 3 aromatic rings.